The monoisotopic (exact) mass is 375 g/mol. The summed E-state index contributed by atoms with van der Waals surface area (Å²) in [5, 5.41) is 20.8. The predicted molar refractivity (Wildman–Crippen MR) is 102 cm³/mol. The van der Waals surface area contributed by atoms with E-state index >= 15 is 0 Å². The van der Waals surface area contributed by atoms with E-state index < -0.39 is 6.10 Å². The lowest BCUT2D eigenvalue weighted by Gasteiger charge is -2.32. The average Bonchev–Trinajstić information content (AvgIpc) is 3.10. The number of urea groups is 1. The van der Waals surface area contributed by atoms with Crippen LogP contribution in [-0.4, -0.2) is 56.5 Å². The third kappa shape index (κ3) is 4.56. The number of anilines is 1. The lowest BCUT2D eigenvalue weighted by Crippen LogP contribution is -2.41. The summed E-state index contributed by atoms with van der Waals surface area (Å²) in [6.45, 7) is 3.11. The van der Waals surface area contributed by atoms with E-state index in [1.54, 1.807) is 18.7 Å². The molecule has 1 aliphatic rings. The molecule has 2 N–H and O–H groups in total. The van der Waals surface area contributed by atoms with Gasteiger partial charge in [-0.25, -0.2) is 9.48 Å². The van der Waals surface area contributed by atoms with E-state index in [1.165, 1.54) is 0 Å². The lowest BCUT2D eigenvalue weighted by molar-refractivity contribution is 0.179. The number of aliphatic hydroxyl groups is 1. The molecule has 3 rings (SSSR count). The van der Waals surface area contributed by atoms with Gasteiger partial charge in [0.2, 0.25) is 0 Å². The predicted octanol–water partition coefficient (Wildman–Crippen LogP) is 2.79. The van der Waals surface area contributed by atoms with Crippen molar-refractivity contribution in [2.24, 2.45) is 0 Å². The number of likely N-dealkylation sites (tertiary alicyclic amines) is 1. The quantitative estimate of drug-likeness (QED) is 0.785. The normalized spacial score (nSPS) is 16.5. The van der Waals surface area contributed by atoms with Crippen molar-refractivity contribution >= 4 is 23.5 Å². The zero-order chi connectivity index (χ0) is 18.5. The van der Waals surface area contributed by atoms with Crippen LogP contribution in [0.25, 0.3) is 0 Å². The van der Waals surface area contributed by atoms with Crippen molar-refractivity contribution in [3.05, 3.63) is 36.2 Å². The minimum Gasteiger partial charge on any atom is -0.393 e. The molecule has 26 heavy (non-hydrogen) atoms. The first-order chi connectivity index (χ1) is 12.6. The highest BCUT2D eigenvalue weighted by Gasteiger charge is 2.25. The third-order valence-electron chi connectivity index (χ3n) is 4.54. The van der Waals surface area contributed by atoms with Crippen molar-refractivity contribution in [2.75, 3.05) is 24.7 Å². The summed E-state index contributed by atoms with van der Waals surface area (Å²) in [7, 11) is 0. The molecule has 0 saturated carbocycles. The number of rotatable bonds is 5. The second-order valence-corrected chi connectivity index (χ2v) is 7.44. The van der Waals surface area contributed by atoms with Crippen LogP contribution in [0.5, 0.6) is 0 Å². The maximum absolute atomic E-state index is 12.5. The van der Waals surface area contributed by atoms with Crippen LogP contribution >= 0.6 is 11.8 Å². The molecule has 8 heteroatoms. The molecule has 0 radical (unpaired) electrons. The van der Waals surface area contributed by atoms with E-state index in [0.717, 1.165) is 29.1 Å². The number of nitrogens with zero attached hydrogens (tertiary/aromatic N) is 4. The topological polar surface area (TPSA) is 83.3 Å². The number of hydrogen-bond donors (Lipinski definition) is 2. The molecule has 1 aromatic carbocycles. The van der Waals surface area contributed by atoms with Gasteiger partial charge in [0.1, 0.15) is 0 Å². The standard InChI is InChI=1S/C18H25N5O2S/c1-13(24)11-14-12-23(21-20-14)15-7-9-22(10-8-15)18(25)19-16-5-3-4-6-17(16)26-2/h3-6,12-13,15,24H,7-11H2,1-2H3,(H,19,25)/t13-/m1/s1. The molecular weight excluding hydrogens is 350 g/mol. The Labute approximate surface area is 157 Å². The Balaban J connectivity index is 1.54. The molecule has 0 spiro atoms. The maximum atomic E-state index is 12.5. The van der Waals surface area contributed by atoms with Gasteiger partial charge in [0, 0.05) is 30.6 Å². The van der Waals surface area contributed by atoms with Crippen molar-refractivity contribution in [3.8, 4) is 0 Å². The largest absolute Gasteiger partial charge is 0.393 e. The first-order valence-electron chi connectivity index (χ1n) is 8.84. The van der Waals surface area contributed by atoms with E-state index in [2.05, 4.69) is 15.6 Å². The molecule has 1 fully saturated rings. The smallest absolute Gasteiger partial charge is 0.321 e. The molecule has 7 nitrogen and oxygen atoms in total. The number of nitrogens with one attached hydrogen (secondary N) is 1. The van der Waals surface area contributed by atoms with Gasteiger partial charge in [-0.1, -0.05) is 17.3 Å². The van der Waals surface area contributed by atoms with Gasteiger partial charge in [-0.2, -0.15) is 0 Å². The Morgan fingerprint density at radius 2 is 2.12 bits per heavy atom. The average molecular weight is 375 g/mol. The van der Waals surface area contributed by atoms with Gasteiger partial charge in [-0.05, 0) is 38.2 Å². The summed E-state index contributed by atoms with van der Waals surface area (Å²) in [5.74, 6) is 0. The number of para-hydroxylation sites is 1. The summed E-state index contributed by atoms with van der Waals surface area (Å²) in [6, 6.07) is 8.01. The van der Waals surface area contributed by atoms with Crippen molar-refractivity contribution in [2.45, 2.75) is 43.2 Å². The molecule has 0 aliphatic carbocycles. The van der Waals surface area contributed by atoms with Crippen molar-refractivity contribution in [1.82, 2.24) is 19.9 Å². The van der Waals surface area contributed by atoms with Gasteiger partial charge in [0.05, 0.1) is 23.5 Å². The van der Waals surface area contributed by atoms with Crippen LogP contribution in [0.15, 0.2) is 35.4 Å². The summed E-state index contributed by atoms with van der Waals surface area (Å²) in [6.07, 6.45) is 5.68. The molecule has 1 atom stereocenters. The molecule has 1 aromatic heterocycles. The molecule has 1 aliphatic heterocycles. The molecule has 140 valence electrons. The van der Waals surface area contributed by atoms with Gasteiger partial charge in [-0.15, -0.1) is 16.9 Å². The van der Waals surface area contributed by atoms with Gasteiger partial charge < -0.3 is 15.3 Å². The molecule has 2 aromatic rings. The van der Waals surface area contributed by atoms with Crippen LogP contribution < -0.4 is 5.32 Å². The van der Waals surface area contributed by atoms with E-state index in [0.29, 0.717) is 19.5 Å². The van der Waals surface area contributed by atoms with E-state index in [4.69, 9.17) is 0 Å². The highest BCUT2D eigenvalue weighted by molar-refractivity contribution is 7.98. The second-order valence-electron chi connectivity index (χ2n) is 6.59. The molecule has 0 unspecified atom stereocenters. The van der Waals surface area contributed by atoms with Crippen LogP contribution in [0.1, 0.15) is 31.5 Å². The Kier molecular flexibility index (Phi) is 6.16. The third-order valence-corrected chi connectivity index (χ3v) is 5.33. The van der Waals surface area contributed by atoms with Crippen molar-refractivity contribution < 1.29 is 9.90 Å². The van der Waals surface area contributed by atoms with E-state index in [-0.39, 0.29) is 12.1 Å². The van der Waals surface area contributed by atoms with Crippen LogP contribution in [0.2, 0.25) is 0 Å². The number of amides is 2. The Morgan fingerprint density at radius 1 is 1.38 bits per heavy atom. The Bertz CT molecular complexity index is 741. The fourth-order valence-electron chi connectivity index (χ4n) is 3.16. The van der Waals surface area contributed by atoms with Gasteiger partial charge in [-0.3, -0.25) is 0 Å². The maximum Gasteiger partial charge on any atom is 0.321 e. The minimum absolute atomic E-state index is 0.0571. The Hall–Kier alpha value is -2.06. The number of thioether (sulfide) groups is 1. The molecular formula is C18H25N5O2S. The summed E-state index contributed by atoms with van der Waals surface area (Å²) < 4.78 is 1.87. The number of piperidine rings is 1. The first kappa shape index (κ1) is 18.7. The highest BCUT2D eigenvalue weighted by Crippen LogP contribution is 2.26. The van der Waals surface area contributed by atoms with Gasteiger partial charge in [0.15, 0.2) is 0 Å². The fourth-order valence-corrected chi connectivity index (χ4v) is 3.72. The van der Waals surface area contributed by atoms with Crippen LogP contribution in [-0.2, 0) is 6.42 Å². The molecule has 2 amide bonds. The van der Waals surface area contributed by atoms with E-state index in [1.807, 2.05) is 46.3 Å². The molecule has 2 heterocycles. The highest BCUT2D eigenvalue weighted by atomic mass is 32.2. The number of aromatic nitrogens is 3. The summed E-state index contributed by atoms with van der Waals surface area (Å²) in [5.41, 5.74) is 1.65. The molecule has 0 bridgehead atoms. The second kappa shape index (κ2) is 8.55. The van der Waals surface area contributed by atoms with Gasteiger partial charge in [0.25, 0.3) is 0 Å². The number of carbonyl (C=O) groups excluding carboxylic acids is 1. The van der Waals surface area contributed by atoms with Crippen molar-refractivity contribution in [1.29, 1.82) is 0 Å². The van der Waals surface area contributed by atoms with E-state index in [9.17, 15) is 9.90 Å². The number of carbonyl (C=O) groups is 1. The minimum atomic E-state index is -0.421. The van der Waals surface area contributed by atoms with Gasteiger partial charge >= 0.3 is 6.03 Å². The number of hydrogen-bond acceptors (Lipinski definition) is 5. The van der Waals surface area contributed by atoms with Crippen LogP contribution in [0, 0.1) is 0 Å². The first-order valence-corrected chi connectivity index (χ1v) is 10.1. The SMILES string of the molecule is CSc1ccccc1NC(=O)N1CCC(n2cc(C[C@@H](C)O)nn2)CC1. The zero-order valence-corrected chi connectivity index (χ0v) is 15.9. The van der Waals surface area contributed by atoms with Crippen LogP contribution in [0.4, 0.5) is 10.5 Å². The number of aliphatic hydroxyl groups excluding tert-OH is 1. The fraction of sp³-hybridized carbons (Fsp3) is 0.500. The van der Waals surface area contributed by atoms with Crippen molar-refractivity contribution in [3.63, 3.8) is 0 Å². The molecule has 1 saturated heterocycles. The van der Waals surface area contributed by atoms with Crippen LogP contribution in [0.3, 0.4) is 0 Å². The lowest BCUT2D eigenvalue weighted by atomic mass is 10.1. The zero-order valence-electron chi connectivity index (χ0n) is 15.1. The summed E-state index contributed by atoms with van der Waals surface area (Å²) >= 11 is 1.62. The summed E-state index contributed by atoms with van der Waals surface area (Å²) in [4.78, 5) is 15.5. The number of benzene rings is 1. The Morgan fingerprint density at radius 3 is 2.81 bits per heavy atom.